The summed E-state index contributed by atoms with van der Waals surface area (Å²) in [5.74, 6) is 0.577. The lowest BCUT2D eigenvalue weighted by Gasteiger charge is -2.11. The van der Waals surface area contributed by atoms with Gasteiger partial charge in [0.1, 0.15) is 0 Å². The van der Waals surface area contributed by atoms with E-state index >= 15 is 0 Å². The van der Waals surface area contributed by atoms with Gasteiger partial charge in [-0.2, -0.15) is 5.10 Å². The van der Waals surface area contributed by atoms with Gasteiger partial charge >= 0.3 is 0 Å². The molecule has 0 unspecified atom stereocenters. The van der Waals surface area contributed by atoms with Crippen molar-refractivity contribution in [3.63, 3.8) is 0 Å². The van der Waals surface area contributed by atoms with Gasteiger partial charge in [-0.15, -0.1) is 0 Å². The third-order valence-corrected chi connectivity index (χ3v) is 5.41. The molecule has 1 heterocycles. The SMILES string of the molecule is S=C(Nc1cccc(Cl)c1Cl)Nc1nn(Cc2ccccc2Cl)cc1Br. The highest BCUT2D eigenvalue weighted by molar-refractivity contribution is 9.10. The van der Waals surface area contributed by atoms with Crippen molar-refractivity contribution >= 4 is 79.6 Å². The minimum Gasteiger partial charge on any atom is -0.331 e. The molecule has 0 fully saturated rings. The summed E-state index contributed by atoms with van der Waals surface area (Å²) in [7, 11) is 0. The summed E-state index contributed by atoms with van der Waals surface area (Å²) in [4.78, 5) is 0. The molecular weight excluding hydrogens is 479 g/mol. The topological polar surface area (TPSA) is 41.9 Å². The predicted molar refractivity (Wildman–Crippen MR) is 117 cm³/mol. The van der Waals surface area contributed by atoms with Gasteiger partial charge in [-0.05, 0) is 51.9 Å². The fraction of sp³-hybridized carbons (Fsp3) is 0.0588. The van der Waals surface area contributed by atoms with Gasteiger partial charge in [-0.25, -0.2) is 0 Å². The molecule has 0 amide bonds. The Kier molecular flexibility index (Phi) is 6.42. The zero-order chi connectivity index (χ0) is 18.7. The number of anilines is 2. The lowest BCUT2D eigenvalue weighted by molar-refractivity contribution is 0.690. The third-order valence-electron chi connectivity index (χ3n) is 3.44. The number of nitrogens with zero attached hydrogens (tertiary/aromatic N) is 2. The molecular formula is C17H12BrCl3N4S. The fourth-order valence-electron chi connectivity index (χ4n) is 2.23. The lowest BCUT2D eigenvalue weighted by Crippen LogP contribution is -2.20. The van der Waals surface area contributed by atoms with Gasteiger partial charge in [-0.3, -0.25) is 4.68 Å². The monoisotopic (exact) mass is 488 g/mol. The number of hydrogen-bond acceptors (Lipinski definition) is 2. The van der Waals surface area contributed by atoms with E-state index in [4.69, 9.17) is 47.0 Å². The third kappa shape index (κ3) is 4.69. The Hall–Kier alpha value is -1.31. The first-order valence-corrected chi connectivity index (χ1v) is 9.76. The first-order chi connectivity index (χ1) is 12.4. The zero-order valence-corrected chi connectivity index (χ0v) is 17.8. The highest BCUT2D eigenvalue weighted by atomic mass is 79.9. The van der Waals surface area contributed by atoms with Crippen LogP contribution in [0.4, 0.5) is 11.5 Å². The Morgan fingerprint density at radius 1 is 1.04 bits per heavy atom. The van der Waals surface area contributed by atoms with E-state index in [1.54, 1.807) is 22.9 Å². The van der Waals surface area contributed by atoms with Gasteiger partial charge in [0, 0.05) is 11.2 Å². The molecule has 0 spiro atoms. The summed E-state index contributed by atoms with van der Waals surface area (Å²) in [6.45, 7) is 0.542. The normalized spacial score (nSPS) is 10.6. The highest BCUT2D eigenvalue weighted by Gasteiger charge is 2.11. The molecule has 0 atom stereocenters. The van der Waals surface area contributed by atoms with Crippen LogP contribution in [0.2, 0.25) is 15.1 Å². The Morgan fingerprint density at radius 2 is 1.77 bits per heavy atom. The molecule has 9 heteroatoms. The highest BCUT2D eigenvalue weighted by Crippen LogP contribution is 2.30. The summed E-state index contributed by atoms with van der Waals surface area (Å²) in [6, 6.07) is 12.9. The molecule has 0 saturated heterocycles. The summed E-state index contributed by atoms with van der Waals surface area (Å²) in [6.07, 6.45) is 1.85. The van der Waals surface area contributed by atoms with Crippen LogP contribution in [0.25, 0.3) is 0 Å². The van der Waals surface area contributed by atoms with Crippen molar-refractivity contribution in [2.24, 2.45) is 0 Å². The number of hydrogen-bond donors (Lipinski definition) is 2. The molecule has 2 N–H and O–H groups in total. The van der Waals surface area contributed by atoms with Crippen molar-refractivity contribution in [2.45, 2.75) is 6.54 Å². The molecule has 2 aromatic carbocycles. The number of nitrogens with one attached hydrogen (secondary N) is 2. The van der Waals surface area contributed by atoms with Crippen LogP contribution in [-0.4, -0.2) is 14.9 Å². The minimum absolute atomic E-state index is 0.345. The van der Waals surface area contributed by atoms with E-state index in [0.717, 1.165) is 10.0 Å². The van der Waals surface area contributed by atoms with Crippen molar-refractivity contribution in [3.05, 3.63) is 73.8 Å². The minimum atomic E-state index is 0.345. The first-order valence-electron chi connectivity index (χ1n) is 7.42. The quantitative estimate of drug-likeness (QED) is 0.412. The van der Waals surface area contributed by atoms with Crippen LogP contribution in [0.15, 0.2) is 53.1 Å². The van der Waals surface area contributed by atoms with Gasteiger partial charge in [0.15, 0.2) is 10.9 Å². The van der Waals surface area contributed by atoms with Crippen molar-refractivity contribution in [1.29, 1.82) is 0 Å². The lowest BCUT2D eigenvalue weighted by atomic mass is 10.2. The van der Waals surface area contributed by atoms with E-state index < -0.39 is 0 Å². The molecule has 0 saturated carbocycles. The average Bonchev–Trinajstić information content (AvgIpc) is 2.93. The van der Waals surface area contributed by atoms with Gasteiger partial charge in [0.25, 0.3) is 0 Å². The zero-order valence-electron chi connectivity index (χ0n) is 13.1. The molecule has 3 rings (SSSR count). The number of thiocarbonyl (C=S) groups is 1. The number of halogens is 4. The maximum atomic E-state index is 6.20. The Balaban J connectivity index is 1.70. The van der Waals surface area contributed by atoms with Crippen LogP contribution in [0.3, 0.4) is 0 Å². The van der Waals surface area contributed by atoms with E-state index in [1.165, 1.54) is 0 Å². The molecule has 1 aromatic heterocycles. The van der Waals surface area contributed by atoms with Crippen molar-refractivity contribution in [1.82, 2.24) is 9.78 Å². The van der Waals surface area contributed by atoms with Crippen molar-refractivity contribution < 1.29 is 0 Å². The molecule has 0 radical (unpaired) electrons. The second-order valence-electron chi connectivity index (χ2n) is 5.30. The maximum Gasteiger partial charge on any atom is 0.176 e. The van der Waals surface area contributed by atoms with E-state index in [0.29, 0.717) is 38.2 Å². The van der Waals surface area contributed by atoms with Gasteiger partial charge in [0.05, 0.1) is 26.8 Å². The second kappa shape index (κ2) is 8.59. The van der Waals surface area contributed by atoms with Crippen LogP contribution < -0.4 is 10.6 Å². The van der Waals surface area contributed by atoms with Gasteiger partial charge in [0.2, 0.25) is 0 Å². The average molecular weight is 491 g/mol. The smallest absolute Gasteiger partial charge is 0.176 e. The molecule has 0 aliphatic carbocycles. The van der Waals surface area contributed by atoms with E-state index in [-0.39, 0.29) is 0 Å². The number of rotatable bonds is 4. The number of aromatic nitrogens is 2. The Morgan fingerprint density at radius 3 is 2.54 bits per heavy atom. The van der Waals surface area contributed by atoms with Crippen LogP contribution in [0, 0.1) is 0 Å². The first kappa shape index (κ1) is 19.5. The fourth-order valence-corrected chi connectivity index (χ4v) is 3.39. The standard InChI is InChI=1S/C17H12BrCl3N4S/c18-11-9-25(8-10-4-1-2-5-12(10)19)24-16(11)23-17(26)22-14-7-3-6-13(20)15(14)21/h1-7,9H,8H2,(H2,22,23,24,26). The molecule has 134 valence electrons. The largest absolute Gasteiger partial charge is 0.331 e. The Bertz CT molecular complexity index is 961. The second-order valence-corrected chi connectivity index (χ2v) is 7.75. The maximum absolute atomic E-state index is 6.20. The van der Waals surface area contributed by atoms with Crippen LogP contribution in [0.1, 0.15) is 5.56 Å². The summed E-state index contributed by atoms with van der Waals surface area (Å²) in [5, 5.41) is 12.4. The summed E-state index contributed by atoms with van der Waals surface area (Å²) in [5.41, 5.74) is 1.59. The molecule has 0 aliphatic rings. The Labute approximate surface area is 179 Å². The molecule has 26 heavy (non-hydrogen) atoms. The number of benzene rings is 2. The summed E-state index contributed by atoms with van der Waals surface area (Å²) >= 11 is 27.2. The van der Waals surface area contributed by atoms with E-state index in [1.807, 2.05) is 30.5 Å². The van der Waals surface area contributed by atoms with Crippen LogP contribution in [0.5, 0.6) is 0 Å². The van der Waals surface area contributed by atoms with Crippen LogP contribution in [-0.2, 0) is 6.54 Å². The molecule has 0 aliphatic heterocycles. The van der Waals surface area contributed by atoms with E-state index in [2.05, 4.69) is 31.7 Å². The summed E-state index contributed by atoms with van der Waals surface area (Å²) < 4.78 is 2.54. The van der Waals surface area contributed by atoms with Crippen molar-refractivity contribution in [3.8, 4) is 0 Å². The molecule has 4 nitrogen and oxygen atoms in total. The van der Waals surface area contributed by atoms with Gasteiger partial charge in [-0.1, -0.05) is 59.1 Å². The predicted octanol–water partition coefficient (Wildman–Crippen LogP) is 6.46. The molecule has 3 aromatic rings. The van der Waals surface area contributed by atoms with E-state index in [9.17, 15) is 0 Å². The van der Waals surface area contributed by atoms with Crippen molar-refractivity contribution in [2.75, 3.05) is 10.6 Å². The molecule has 0 bridgehead atoms. The van der Waals surface area contributed by atoms with Crippen LogP contribution >= 0.6 is 63.0 Å². The van der Waals surface area contributed by atoms with Gasteiger partial charge < -0.3 is 10.6 Å².